The van der Waals surface area contributed by atoms with Gasteiger partial charge in [0, 0.05) is 13.3 Å². The van der Waals surface area contributed by atoms with E-state index in [1.165, 1.54) is 0 Å². The lowest BCUT2D eigenvalue weighted by molar-refractivity contribution is 0.0998. The lowest BCUT2D eigenvalue weighted by atomic mass is 10.4. The largest absolute Gasteiger partial charge is 0.396 e. The van der Waals surface area contributed by atoms with E-state index in [4.69, 9.17) is 10.5 Å². The minimum Gasteiger partial charge on any atom is -0.396 e. The second-order valence-corrected chi connectivity index (χ2v) is 2.94. The van der Waals surface area contributed by atoms with Crippen LogP contribution in [-0.2, 0) is 11.3 Å². The zero-order chi connectivity index (χ0) is 9.14. The van der Waals surface area contributed by atoms with Gasteiger partial charge in [0.2, 0.25) is 0 Å². The van der Waals surface area contributed by atoms with Gasteiger partial charge in [-0.2, -0.15) is 5.10 Å². The predicted molar refractivity (Wildman–Crippen MR) is 47.8 cm³/mol. The number of nitrogen functional groups attached to an aromatic ring is 1. The fourth-order valence-electron chi connectivity index (χ4n) is 0.965. The van der Waals surface area contributed by atoms with E-state index in [0.29, 0.717) is 0 Å². The standard InChI is InChI=1S/C8H15N3O/c1-6(12-3)4-11-5-8(9)7(2)10-11/h5-6H,4,9H2,1-3H3/t6-/m0/s1. The first-order valence-corrected chi connectivity index (χ1v) is 3.95. The topological polar surface area (TPSA) is 53.1 Å². The molecule has 1 aromatic rings. The summed E-state index contributed by atoms with van der Waals surface area (Å²) in [5.41, 5.74) is 7.24. The van der Waals surface area contributed by atoms with Crippen LogP contribution in [0.5, 0.6) is 0 Å². The second-order valence-electron chi connectivity index (χ2n) is 2.94. The first-order valence-electron chi connectivity index (χ1n) is 3.95. The van der Waals surface area contributed by atoms with E-state index in [0.717, 1.165) is 17.9 Å². The number of methoxy groups -OCH3 is 1. The number of ether oxygens (including phenoxy) is 1. The first kappa shape index (κ1) is 9.06. The molecule has 0 bridgehead atoms. The van der Waals surface area contributed by atoms with Gasteiger partial charge in [-0.1, -0.05) is 0 Å². The molecule has 0 fully saturated rings. The van der Waals surface area contributed by atoms with Crippen LogP contribution < -0.4 is 5.73 Å². The summed E-state index contributed by atoms with van der Waals surface area (Å²) >= 11 is 0. The Balaban J connectivity index is 2.64. The average Bonchev–Trinajstić information content (AvgIpc) is 2.31. The first-order chi connectivity index (χ1) is 5.63. The van der Waals surface area contributed by atoms with Crippen molar-refractivity contribution in [1.29, 1.82) is 0 Å². The van der Waals surface area contributed by atoms with Crippen LogP contribution in [0, 0.1) is 6.92 Å². The molecule has 0 aliphatic carbocycles. The molecule has 0 spiro atoms. The molecule has 1 atom stereocenters. The summed E-state index contributed by atoms with van der Waals surface area (Å²) in [5.74, 6) is 0. The van der Waals surface area contributed by atoms with Crippen LogP contribution in [-0.4, -0.2) is 23.0 Å². The second kappa shape index (κ2) is 3.58. The highest BCUT2D eigenvalue weighted by Gasteiger charge is 2.04. The van der Waals surface area contributed by atoms with Gasteiger partial charge in [0.05, 0.1) is 24.0 Å². The van der Waals surface area contributed by atoms with Crippen LogP contribution >= 0.6 is 0 Å². The molecule has 1 aromatic heterocycles. The number of hydrogen-bond donors (Lipinski definition) is 1. The molecule has 1 rings (SSSR count). The van der Waals surface area contributed by atoms with E-state index in [2.05, 4.69) is 5.10 Å². The molecule has 0 saturated carbocycles. The molecule has 0 saturated heterocycles. The molecule has 68 valence electrons. The van der Waals surface area contributed by atoms with Crippen LogP contribution in [0.3, 0.4) is 0 Å². The van der Waals surface area contributed by atoms with Crippen molar-refractivity contribution >= 4 is 5.69 Å². The highest BCUT2D eigenvalue weighted by molar-refractivity contribution is 5.39. The van der Waals surface area contributed by atoms with Crippen LogP contribution in [0.15, 0.2) is 6.20 Å². The van der Waals surface area contributed by atoms with E-state index in [1.54, 1.807) is 11.8 Å². The smallest absolute Gasteiger partial charge is 0.0822 e. The van der Waals surface area contributed by atoms with Gasteiger partial charge < -0.3 is 10.5 Å². The third-order valence-corrected chi connectivity index (χ3v) is 1.83. The third kappa shape index (κ3) is 1.98. The Hall–Kier alpha value is -1.03. The average molecular weight is 169 g/mol. The third-order valence-electron chi connectivity index (χ3n) is 1.83. The minimum absolute atomic E-state index is 0.170. The van der Waals surface area contributed by atoms with Crippen molar-refractivity contribution in [3.05, 3.63) is 11.9 Å². The van der Waals surface area contributed by atoms with E-state index in [9.17, 15) is 0 Å². The fourth-order valence-corrected chi connectivity index (χ4v) is 0.965. The van der Waals surface area contributed by atoms with Crippen molar-refractivity contribution < 1.29 is 4.74 Å². The Kier molecular flexibility index (Phi) is 2.70. The molecule has 1 heterocycles. The van der Waals surface area contributed by atoms with Crippen molar-refractivity contribution in [1.82, 2.24) is 9.78 Å². The molecule has 0 unspecified atom stereocenters. The van der Waals surface area contributed by atoms with E-state index >= 15 is 0 Å². The van der Waals surface area contributed by atoms with E-state index in [1.807, 2.05) is 20.0 Å². The molecule has 12 heavy (non-hydrogen) atoms. The maximum Gasteiger partial charge on any atom is 0.0822 e. The molecule has 0 amide bonds. The minimum atomic E-state index is 0.170. The summed E-state index contributed by atoms with van der Waals surface area (Å²) in [5, 5.41) is 4.21. The number of nitrogens with two attached hydrogens (primary N) is 1. The number of aryl methyl sites for hydroxylation is 1. The van der Waals surface area contributed by atoms with Crippen molar-refractivity contribution in [2.45, 2.75) is 26.5 Å². The summed E-state index contributed by atoms with van der Waals surface area (Å²) in [4.78, 5) is 0. The summed E-state index contributed by atoms with van der Waals surface area (Å²) in [6.07, 6.45) is 1.99. The molecule has 2 N–H and O–H groups in total. The van der Waals surface area contributed by atoms with Crippen LogP contribution in [0.4, 0.5) is 5.69 Å². The molecule has 0 aliphatic rings. The molecule has 0 radical (unpaired) electrons. The van der Waals surface area contributed by atoms with Crippen molar-refractivity contribution in [3.63, 3.8) is 0 Å². The summed E-state index contributed by atoms with van der Waals surface area (Å²) in [6, 6.07) is 0. The van der Waals surface area contributed by atoms with E-state index in [-0.39, 0.29) is 6.10 Å². The van der Waals surface area contributed by atoms with E-state index < -0.39 is 0 Å². The number of anilines is 1. The van der Waals surface area contributed by atoms with Crippen LogP contribution in [0.25, 0.3) is 0 Å². The highest BCUT2D eigenvalue weighted by atomic mass is 16.5. The Morgan fingerprint density at radius 3 is 2.83 bits per heavy atom. The Morgan fingerprint density at radius 2 is 2.42 bits per heavy atom. The van der Waals surface area contributed by atoms with Gasteiger partial charge in [-0.3, -0.25) is 4.68 Å². The number of rotatable bonds is 3. The van der Waals surface area contributed by atoms with Gasteiger partial charge in [0.25, 0.3) is 0 Å². The quantitative estimate of drug-likeness (QED) is 0.728. The molecule has 0 aliphatic heterocycles. The highest BCUT2D eigenvalue weighted by Crippen LogP contribution is 2.07. The zero-order valence-corrected chi connectivity index (χ0v) is 7.74. The van der Waals surface area contributed by atoms with Crippen molar-refractivity contribution in [2.24, 2.45) is 0 Å². The molecular formula is C8H15N3O. The van der Waals surface area contributed by atoms with Gasteiger partial charge in [0.15, 0.2) is 0 Å². The molecule has 0 aromatic carbocycles. The molecule has 4 nitrogen and oxygen atoms in total. The van der Waals surface area contributed by atoms with Gasteiger partial charge in [-0.05, 0) is 13.8 Å². The molecule has 4 heteroatoms. The predicted octanol–water partition coefficient (Wildman–Crippen LogP) is 0.809. The normalized spacial score (nSPS) is 13.2. The summed E-state index contributed by atoms with van der Waals surface area (Å²) in [6.45, 7) is 4.63. The lowest BCUT2D eigenvalue weighted by Crippen LogP contribution is -2.14. The summed E-state index contributed by atoms with van der Waals surface area (Å²) in [7, 11) is 1.68. The lowest BCUT2D eigenvalue weighted by Gasteiger charge is -2.08. The Bertz CT molecular complexity index is 237. The maximum absolute atomic E-state index is 5.63. The SMILES string of the molecule is CO[C@@H](C)Cn1cc(N)c(C)n1. The van der Waals surface area contributed by atoms with Gasteiger partial charge in [-0.15, -0.1) is 0 Å². The zero-order valence-electron chi connectivity index (χ0n) is 7.74. The van der Waals surface area contributed by atoms with Gasteiger partial charge in [-0.25, -0.2) is 0 Å². The van der Waals surface area contributed by atoms with Crippen LogP contribution in [0.1, 0.15) is 12.6 Å². The number of nitrogens with zero attached hydrogens (tertiary/aromatic N) is 2. The van der Waals surface area contributed by atoms with Gasteiger partial charge >= 0.3 is 0 Å². The fraction of sp³-hybridized carbons (Fsp3) is 0.625. The van der Waals surface area contributed by atoms with Gasteiger partial charge in [0.1, 0.15) is 0 Å². The summed E-state index contributed by atoms with van der Waals surface area (Å²) < 4.78 is 6.91. The Labute approximate surface area is 72.3 Å². The molecular weight excluding hydrogens is 154 g/mol. The van der Waals surface area contributed by atoms with Crippen LogP contribution in [0.2, 0.25) is 0 Å². The maximum atomic E-state index is 5.63. The Morgan fingerprint density at radius 1 is 1.75 bits per heavy atom. The number of hydrogen-bond acceptors (Lipinski definition) is 3. The monoisotopic (exact) mass is 169 g/mol. The number of aromatic nitrogens is 2. The van der Waals surface area contributed by atoms with Crippen molar-refractivity contribution in [2.75, 3.05) is 12.8 Å². The van der Waals surface area contributed by atoms with Crippen molar-refractivity contribution in [3.8, 4) is 0 Å².